The second kappa shape index (κ2) is 10.0. The molecular weight excluding hydrogens is 408 g/mol. The van der Waals surface area contributed by atoms with Gasteiger partial charge in [-0.15, -0.1) is 10.2 Å². The Bertz CT molecular complexity index is 1030. The van der Waals surface area contributed by atoms with E-state index in [1.165, 1.54) is 30.2 Å². The summed E-state index contributed by atoms with van der Waals surface area (Å²) in [4.78, 5) is 12.4. The first kappa shape index (κ1) is 21.4. The van der Waals surface area contributed by atoms with Crippen LogP contribution in [0.25, 0.3) is 5.69 Å². The number of para-hydroxylation sites is 1. The zero-order valence-electron chi connectivity index (χ0n) is 18.0. The van der Waals surface area contributed by atoms with Crippen molar-refractivity contribution in [1.29, 1.82) is 0 Å². The van der Waals surface area contributed by atoms with Gasteiger partial charge in [0.25, 0.3) is 0 Å². The summed E-state index contributed by atoms with van der Waals surface area (Å²) in [5.41, 5.74) is 3.35. The molecule has 2 aromatic carbocycles. The van der Waals surface area contributed by atoms with Crippen LogP contribution in [-0.2, 0) is 11.4 Å². The Morgan fingerprint density at radius 2 is 1.87 bits per heavy atom. The van der Waals surface area contributed by atoms with E-state index in [-0.39, 0.29) is 5.91 Å². The fraction of sp³-hybridized carbons (Fsp3) is 0.375. The number of aromatic nitrogens is 3. The largest absolute Gasteiger partial charge is 0.486 e. The van der Waals surface area contributed by atoms with E-state index in [2.05, 4.69) is 41.5 Å². The number of carbonyl (C=O) groups excluding carboxylic acids is 1. The van der Waals surface area contributed by atoms with Crippen molar-refractivity contribution < 1.29 is 9.53 Å². The van der Waals surface area contributed by atoms with Crippen LogP contribution in [-0.4, -0.2) is 32.5 Å². The molecule has 1 fully saturated rings. The third-order valence-electron chi connectivity index (χ3n) is 5.68. The normalized spacial score (nSPS) is 14.0. The molecule has 0 radical (unpaired) electrons. The quantitative estimate of drug-likeness (QED) is 0.522. The molecule has 3 aromatic rings. The number of hydrogen-bond acceptors (Lipinski definition) is 5. The first-order valence-electron chi connectivity index (χ1n) is 10.7. The second-order valence-electron chi connectivity index (χ2n) is 7.89. The van der Waals surface area contributed by atoms with Gasteiger partial charge in [-0.2, -0.15) is 0 Å². The van der Waals surface area contributed by atoms with Crippen LogP contribution in [0.3, 0.4) is 0 Å². The van der Waals surface area contributed by atoms with Gasteiger partial charge in [-0.3, -0.25) is 9.36 Å². The molecule has 4 rings (SSSR count). The minimum absolute atomic E-state index is 0.0505. The molecule has 7 heteroatoms. The lowest BCUT2D eigenvalue weighted by molar-refractivity contribution is -0.119. The summed E-state index contributed by atoms with van der Waals surface area (Å²) < 4.78 is 7.95. The molecule has 6 nitrogen and oxygen atoms in total. The van der Waals surface area contributed by atoms with Gasteiger partial charge in [0.1, 0.15) is 12.4 Å². The number of nitrogens with one attached hydrogen (secondary N) is 1. The molecule has 1 N–H and O–H groups in total. The monoisotopic (exact) mass is 436 g/mol. The zero-order chi connectivity index (χ0) is 21.6. The SMILES string of the molecule is Cc1cccc(-n2c(COc3ccccc3)nnc2SCC(=O)NC2CCCC2)c1C. The second-order valence-corrected chi connectivity index (χ2v) is 8.84. The van der Waals surface area contributed by atoms with Gasteiger partial charge in [0.15, 0.2) is 11.0 Å². The van der Waals surface area contributed by atoms with Gasteiger partial charge in [0.05, 0.1) is 11.4 Å². The summed E-state index contributed by atoms with van der Waals surface area (Å²) in [5, 5.41) is 12.6. The average Bonchev–Trinajstić information content (AvgIpc) is 3.43. The van der Waals surface area contributed by atoms with Crippen molar-refractivity contribution >= 4 is 17.7 Å². The summed E-state index contributed by atoms with van der Waals surface area (Å²) in [7, 11) is 0. The Morgan fingerprint density at radius 3 is 2.65 bits per heavy atom. The molecule has 1 heterocycles. The summed E-state index contributed by atoms with van der Waals surface area (Å²) in [6.07, 6.45) is 4.56. The number of hydrogen-bond donors (Lipinski definition) is 1. The van der Waals surface area contributed by atoms with Crippen LogP contribution in [0.1, 0.15) is 42.6 Å². The highest BCUT2D eigenvalue weighted by atomic mass is 32.2. The minimum atomic E-state index is 0.0505. The lowest BCUT2D eigenvalue weighted by atomic mass is 10.1. The third kappa shape index (κ3) is 5.28. The number of rotatable bonds is 8. The van der Waals surface area contributed by atoms with Gasteiger partial charge < -0.3 is 10.1 Å². The predicted molar refractivity (Wildman–Crippen MR) is 123 cm³/mol. The van der Waals surface area contributed by atoms with E-state index in [0.717, 1.165) is 29.8 Å². The maximum absolute atomic E-state index is 12.4. The number of nitrogens with zero attached hydrogens (tertiary/aromatic N) is 3. The fourth-order valence-corrected chi connectivity index (χ4v) is 4.62. The molecule has 0 unspecified atom stereocenters. The average molecular weight is 437 g/mol. The summed E-state index contributed by atoms with van der Waals surface area (Å²) in [6, 6.07) is 16.2. The van der Waals surface area contributed by atoms with E-state index < -0.39 is 0 Å². The van der Waals surface area contributed by atoms with Crippen LogP contribution in [0.4, 0.5) is 0 Å². The first-order valence-corrected chi connectivity index (χ1v) is 11.7. The topological polar surface area (TPSA) is 69.0 Å². The van der Waals surface area contributed by atoms with Crippen molar-refractivity contribution in [3.8, 4) is 11.4 Å². The number of thioether (sulfide) groups is 1. The maximum Gasteiger partial charge on any atom is 0.230 e. The van der Waals surface area contributed by atoms with E-state index >= 15 is 0 Å². The molecule has 1 amide bonds. The Balaban J connectivity index is 1.54. The third-order valence-corrected chi connectivity index (χ3v) is 6.61. The number of aryl methyl sites for hydroxylation is 1. The molecule has 1 aromatic heterocycles. The number of carbonyl (C=O) groups is 1. The van der Waals surface area contributed by atoms with E-state index in [9.17, 15) is 4.79 Å². The summed E-state index contributed by atoms with van der Waals surface area (Å²) in [5.74, 6) is 1.85. The molecule has 1 aliphatic rings. The van der Waals surface area contributed by atoms with Gasteiger partial charge in [-0.05, 0) is 56.0 Å². The predicted octanol–water partition coefficient (Wildman–Crippen LogP) is 4.61. The van der Waals surface area contributed by atoms with Gasteiger partial charge in [-0.1, -0.05) is 54.9 Å². The van der Waals surface area contributed by atoms with E-state index in [1.807, 2.05) is 41.0 Å². The maximum atomic E-state index is 12.4. The highest BCUT2D eigenvalue weighted by Gasteiger charge is 2.20. The molecule has 31 heavy (non-hydrogen) atoms. The van der Waals surface area contributed by atoms with Crippen molar-refractivity contribution in [2.75, 3.05) is 5.75 Å². The standard InChI is InChI=1S/C24H28N4O2S/c1-17-9-8-14-21(18(17)2)28-22(15-30-20-12-4-3-5-13-20)26-27-24(28)31-16-23(29)25-19-10-6-7-11-19/h3-5,8-9,12-14,19H,6-7,10-11,15-16H2,1-2H3,(H,25,29). The van der Waals surface area contributed by atoms with E-state index in [4.69, 9.17) is 4.74 Å². The van der Waals surface area contributed by atoms with Gasteiger partial charge in [0.2, 0.25) is 5.91 Å². The highest BCUT2D eigenvalue weighted by Crippen LogP contribution is 2.27. The molecule has 0 atom stereocenters. The lowest BCUT2D eigenvalue weighted by Gasteiger charge is -2.15. The van der Waals surface area contributed by atoms with Crippen molar-refractivity contribution in [2.45, 2.75) is 57.3 Å². The van der Waals surface area contributed by atoms with Crippen molar-refractivity contribution in [2.24, 2.45) is 0 Å². The van der Waals surface area contributed by atoms with Crippen molar-refractivity contribution in [1.82, 2.24) is 20.1 Å². The van der Waals surface area contributed by atoms with Crippen LogP contribution < -0.4 is 10.1 Å². The zero-order valence-corrected chi connectivity index (χ0v) is 18.8. The van der Waals surface area contributed by atoms with Crippen LogP contribution in [0, 0.1) is 13.8 Å². The van der Waals surface area contributed by atoms with Crippen LogP contribution in [0.5, 0.6) is 5.75 Å². The first-order chi connectivity index (χ1) is 15.1. The Labute approximate surface area is 187 Å². The van der Waals surface area contributed by atoms with Gasteiger partial charge >= 0.3 is 0 Å². The number of amides is 1. The molecule has 162 valence electrons. The molecule has 1 saturated carbocycles. The molecule has 0 bridgehead atoms. The lowest BCUT2D eigenvalue weighted by Crippen LogP contribution is -2.33. The van der Waals surface area contributed by atoms with Crippen LogP contribution in [0.15, 0.2) is 53.7 Å². The molecular formula is C24H28N4O2S. The minimum Gasteiger partial charge on any atom is -0.486 e. The fourth-order valence-electron chi connectivity index (χ4n) is 3.84. The smallest absolute Gasteiger partial charge is 0.230 e. The molecule has 1 aliphatic carbocycles. The highest BCUT2D eigenvalue weighted by molar-refractivity contribution is 7.99. The Morgan fingerprint density at radius 1 is 1.10 bits per heavy atom. The molecule has 0 saturated heterocycles. The molecule has 0 aliphatic heterocycles. The van der Waals surface area contributed by atoms with Gasteiger partial charge in [-0.25, -0.2) is 0 Å². The van der Waals surface area contributed by atoms with E-state index in [0.29, 0.717) is 29.4 Å². The summed E-state index contributed by atoms with van der Waals surface area (Å²) >= 11 is 1.41. The van der Waals surface area contributed by atoms with E-state index in [1.54, 1.807) is 0 Å². The molecule has 0 spiro atoms. The van der Waals surface area contributed by atoms with Crippen molar-refractivity contribution in [3.63, 3.8) is 0 Å². The van der Waals surface area contributed by atoms with Crippen LogP contribution >= 0.6 is 11.8 Å². The van der Waals surface area contributed by atoms with Gasteiger partial charge in [0, 0.05) is 6.04 Å². The number of ether oxygens (including phenoxy) is 1. The Hall–Kier alpha value is -2.80. The number of benzene rings is 2. The van der Waals surface area contributed by atoms with Crippen LogP contribution in [0.2, 0.25) is 0 Å². The van der Waals surface area contributed by atoms with Crippen molar-refractivity contribution in [3.05, 3.63) is 65.5 Å². The Kier molecular flexibility index (Phi) is 6.92. The summed E-state index contributed by atoms with van der Waals surface area (Å²) in [6.45, 7) is 4.47.